The minimum atomic E-state index is -2.09. The first-order valence-corrected chi connectivity index (χ1v) is 12.6. The van der Waals surface area contributed by atoms with Crippen LogP contribution in [0, 0.1) is 62.1 Å². The maximum absolute atomic E-state index is 12.4. The van der Waals surface area contributed by atoms with E-state index >= 15 is 0 Å². The molecule has 0 aromatic heterocycles. The van der Waals surface area contributed by atoms with Crippen molar-refractivity contribution in [2.75, 3.05) is 0 Å². The molecule has 152 valence electrons. The van der Waals surface area contributed by atoms with Crippen molar-refractivity contribution in [2.45, 2.75) is 70.8 Å². The first kappa shape index (κ1) is 22.6. The average molecular weight is 410 g/mol. The Hall–Kier alpha value is -2.65. The first-order valence-electron chi connectivity index (χ1n) is 9.66. The van der Waals surface area contributed by atoms with Crippen molar-refractivity contribution in [3.8, 4) is 24.3 Å². The van der Waals surface area contributed by atoms with Crippen LogP contribution in [0.2, 0.25) is 18.1 Å². The second-order valence-corrected chi connectivity index (χ2v) is 14.3. The summed E-state index contributed by atoms with van der Waals surface area (Å²) in [6.45, 7) is 12.5. The van der Waals surface area contributed by atoms with E-state index < -0.39 is 25.1 Å². The highest BCUT2D eigenvalue weighted by molar-refractivity contribution is 6.74. The van der Waals surface area contributed by atoms with E-state index in [-0.39, 0.29) is 35.9 Å². The zero-order chi connectivity index (χ0) is 22.3. The smallest absolute Gasteiger partial charge is 0.228 e. The fourth-order valence-electron chi connectivity index (χ4n) is 3.74. The molecule has 0 aromatic rings. The Labute approximate surface area is 173 Å². The number of nitrogens with zero attached hydrogens (tertiary/aromatic N) is 4. The van der Waals surface area contributed by atoms with Crippen LogP contribution in [0.4, 0.5) is 0 Å². The zero-order valence-electron chi connectivity index (χ0n) is 17.8. The van der Waals surface area contributed by atoms with Crippen LogP contribution in [0.5, 0.6) is 0 Å². The van der Waals surface area contributed by atoms with Gasteiger partial charge in [-0.1, -0.05) is 26.8 Å². The van der Waals surface area contributed by atoms with Crippen LogP contribution in [0.25, 0.3) is 0 Å². The van der Waals surface area contributed by atoms with Gasteiger partial charge in [0.1, 0.15) is 0 Å². The van der Waals surface area contributed by atoms with Gasteiger partial charge < -0.3 is 9.74 Å². The lowest BCUT2D eigenvalue weighted by Crippen LogP contribution is -2.65. The Morgan fingerprint density at radius 3 is 2.07 bits per heavy atom. The van der Waals surface area contributed by atoms with Crippen LogP contribution < -0.4 is 5.32 Å². The number of rotatable bonds is 4. The monoisotopic (exact) mass is 409 g/mol. The summed E-state index contributed by atoms with van der Waals surface area (Å²) in [5.74, 6) is -0.554. The molecule has 1 N–H and O–H groups in total. The third kappa shape index (κ3) is 3.44. The van der Waals surface area contributed by atoms with E-state index in [9.17, 15) is 25.8 Å². The van der Waals surface area contributed by atoms with Crippen molar-refractivity contribution in [2.24, 2.45) is 16.7 Å². The van der Waals surface area contributed by atoms with Crippen molar-refractivity contribution >= 4 is 14.2 Å². The van der Waals surface area contributed by atoms with E-state index in [0.717, 1.165) is 0 Å². The molecule has 1 aliphatic heterocycles. The Balaban J connectivity index is 2.32. The Morgan fingerprint density at radius 2 is 1.66 bits per heavy atom. The molecule has 8 heteroatoms. The van der Waals surface area contributed by atoms with Gasteiger partial charge in [-0.3, -0.25) is 4.79 Å². The highest BCUT2D eigenvalue weighted by Gasteiger charge is 2.59. The van der Waals surface area contributed by atoms with Crippen molar-refractivity contribution in [1.29, 1.82) is 21.0 Å². The molecule has 2 rings (SSSR count). The number of carbonyl (C=O) groups excluding carboxylic acids is 1. The van der Waals surface area contributed by atoms with Crippen molar-refractivity contribution in [1.82, 2.24) is 5.32 Å². The number of nitriles is 4. The summed E-state index contributed by atoms with van der Waals surface area (Å²) in [6, 6.07) is 7.26. The molecule has 1 heterocycles. The topological polar surface area (TPSA) is 133 Å². The van der Waals surface area contributed by atoms with Crippen LogP contribution in [0.1, 0.15) is 40.5 Å². The Morgan fingerprint density at radius 1 is 1.14 bits per heavy atom. The minimum Gasteiger partial charge on any atom is -0.413 e. The number of β-lactam (4-membered cyclic amide) rings is 1. The molecule has 0 spiro atoms. The van der Waals surface area contributed by atoms with Gasteiger partial charge in [-0.25, -0.2) is 0 Å². The number of hydrogen-bond acceptors (Lipinski definition) is 6. The van der Waals surface area contributed by atoms with Crippen LogP contribution >= 0.6 is 0 Å². The van der Waals surface area contributed by atoms with Gasteiger partial charge in [-0.2, -0.15) is 21.0 Å². The molecule has 1 saturated heterocycles. The van der Waals surface area contributed by atoms with Crippen molar-refractivity contribution in [3.05, 3.63) is 11.6 Å². The summed E-state index contributed by atoms with van der Waals surface area (Å²) < 4.78 is 6.40. The SMILES string of the molecule is CC(O[Si](C)(C)C(C)(C)C)C1C(=O)NC1C1=CCC(C#N)(C#N)C(C#N)(C#N)C1. The third-order valence-electron chi connectivity index (χ3n) is 6.78. The fourth-order valence-corrected chi connectivity index (χ4v) is 5.17. The maximum atomic E-state index is 12.4. The Bertz CT molecular complexity index is 876. The summed E-state index contributed by atoms with van der Waals surface area (Å²) in [4.78, 5) is 12.4. The van der Waals surface area contributed by atoms with Crippen molar-refractivity contribution < 1.29 is 9.22 Å². The summed E-state index contributed by atoms with van der Waals surface area (Å²) in [6.07, 6.45) is 1.34. The molecule has 3 unspecified atom stereocenters. The van der Waals surface area contributed by atoms with E-state index in [1.165, 1.54) is 0 Å². The lowest BCUT2D eigenvalue weighted by atomic mass is 9.57. The zero-order valence-corrected chi connectivity index (χ0v) is 18.8. The van der Waals surface area contributed by atoms with E-state index in [2.05, 4.69) is 39.2 Å². The lowest BCUT2D eigenvalue weighted by Gasteiger charge is -2.48. The van der Waals surface area contributed by atoms with Crippen LogP contribution in [-0.2, 0) is 9.22 Å². The van der Waals surface area contributed by atoms with Crippen LogP contribution in [-0.4, -0.2) is 26.4 Å². The van der Waals surface area contributed by atoms with Crippen LogP contribution in [0.3, 0.4) is 0 Å². The molecule has 2 aliphatic rings. The van der Waals surface area contributed by atoms with E-state index in [0.29, 0.717) is 5.57 Å². The number of allylic oxidation sites excluding steroid dienone is 1. The predicted octanol–water partition coefficient (Wildman–Crippen LogP) is 3.30. The van der Waals surface area contributed by atoms with Gasteiger partial charge in [-0.15, -0.1) is 0 Å². The lowest BCUT2D eigenvalue weighted by molar-refractivity contribution is -0.138. The molecule has 1 amide bonds. The predicted molar refractivity (Wildman–Crippen MR) is 108 cm³/mol. The highest BCUT2D eigenvalue weighted by Crippen LogP contribution is 2.51. The van der Waals surface area contributed by atoms with Gasteiger partial charge >= 0.3 is 0 Å². The largest absolute Gasteiger partial charge is 0.413 e. The molecule has 0 radical (unpaired) electrons. The number of nitrogens with one attached hydrogen (secondary N) is 1. The summed E-state index contributed by atoms with van der Waals surface area (Å²) in [5.41, 5.74) is -2.77. The molecule has 3 atom stereocenters. The summed E-state index contributed by atoms with van der Waals surface area (Å²) in [7, 11) is -2.09. The van der Waals surface area contributed by atoms with E-state index in [1.807, 2.05) is 31.2 Å². The second kappa shape index (κ2) is 7.31. The number of hydrogen-bond donors (Lipinski definition) is 1. The summed E-state index contributed by atoms with van der Waals surface area (Å²) in [5, 5.41) is 41.3. The quantitative estimate of drug-likeness (QED) is 0.430. The van der Waals surface area contributed by atoms with Gasteiger partial charge in [0.25, 0.3) is 0 Å². The molecular weight excluding hydrogens is 382 g/mol. The number of amides is 1. The molecule has 29 heavy (non-hydrogen) atoms. The van der Waals surface area contributed by atoms with Gasteiger partial charge in [0.05, 0.1) is 42.3 Å². The molecule has 7 nitrogen and oxygen atoms in total. The first-order chi connectivity index (χ1) is 13.3. The molecule has 0 aromatic carbocycles. The average Bonchev–Trinajstić information content (AvgIpc) is 2.63. The van der Waals surface area contributed by atoms with Gasteiger partial charge in [-0.05, 0) is 30.6 Å². The second-order valence-electron chi connectivity index (χ2n) is 9.51. The van der Waals surface area contributed by atoms with Gasteiger partial charge in [0.2, 0.25) is 5.91 Å². The number of carbonyl (C=O) groups is 1. The Kier molecular flexibility index (Phi) is 5.70. The van der Waals surface area contributed by atoms with Gasteiger partial charge in [0, 0.05) is 12.8 Å². The van der Waals surface area contributed by atoms with Crippen LogP contribution in [0.15, 0.2) is 11.6 Å². The van der Waals surface area contributed by atoms with Gasteiger partial charge in [0.15, 0.2) is 19.1 Å². The standard InChI is InChI=1S/C21H27N5O2Si/c1-14(28-29(5,6)19(2,3)4)16-17(26-18(16)27)15-7-8-20(10-22,11-23)21(9-15,12-24)13-25/h7,14,16-17H,8-9H2,1-6H3,(H,26,27). The van der Waals surface area contributed by atoms with Crippen molar-refractivity contribution in [3.63, 3.8) is 0 Å². The summed E-state index contributed by atoms with van der Waals surface area (Å²) >= 11 is 0. The normalized spacial score (nSPS) is 26.3. The molecule has 0 bridgehead atoms. The molecule has 0 saturated carbocycles. The van der Waals surface area contributed by atoms with E-state index in [1.54, 1.807) is 6.08 Å². The molecular formula is C21H27N5O2Si. The third-order valence-corrected chi connectivity index (χ3v) is 11.4. The molecule has 1 fully saturated rings. The maximum Gasteiger partial charge on any atom is 0.228 e. The highest BCUT2D eigenvalue weighted by atomic mass is 28.4. The van der Waals surface area contributed by atoms with E-state index in [4.69, 9.17) is 4.43 Å². The molecule has 1 aliphatic carbocycles. The minimum absolute atomic E-state index is 0.00293. The fraction of sp³-hybridized carbons (Fsp3) is 0.667.